The lowest BCUT2D eigenvalue weighted by molar-refractivity contribution is -0.124. The lowest BCUT2D eigenvalue weighted by atomic mass is 10.2. The highest BCUT2D eigenvalue weighted by atomic mass is 32.1. The van der Waals surface area contributed by atoms with E-state index in [-0.39, 0.29) is 11.9 Å². The topological polar surface area (TPSA) is 59.8 Å². The average Bonchev–Trinajstić information content (AvgIpc) is 3.11. The summed E-state index contributed by atoms with van der Waals surface area (Å²) < 4.78 is 1.95. The maximum atomic E-state index is 12.5. The fourth-order valence-electron chi connectivity index (χ4n) is 2.51. The third kappa shape index (κ3) is 4.19. The first kappa shape index (κ1) is 17.7. The number of aryl methyl sites for hydroxylation is 2. The van der Waals surface area contributed by atoms with Gasteiger partial charge in [-0.1, -0.05) is 20.8 Å². The molecule has 2 heterocycles. The second-order valence-corrected chi connectivity index (χ2v) is 7.28. The van der Waals surface area contributed by atoms with Crippen LogP contribution in [-0.4, -0.2) is 20.4 Å². The quantitative estimate of drug-likeness (QED) is 0.841. The molecule has 0 saturated heterocycles. The van der Waals surface area contributed by atoms with Gasteiger partial charge in [-0.05, 0) is 26.7 Å². The minimum absolute atomic E-state index is 0.00902. The third-order valence-corrected chi connectivity index (χ3v) is 5.05. The van der Waals surface area contributed by atoms with Gasteiger partial charge >= 0.3 is 0 Å². The molecule has 0 aliphatic heterocycles. The predicted octanol–water partition coefficient (Wildman–Crippen LogP) is 3.60. The summed E-state index contributed by atoms with van der Waals surface area (Å²) in [6.07, 6.45) is 5.72. The summed E-state index contributed by atoms with van der Waals surface area (Å²) in [7, 11) is 0. The van der Waals surface area contributed by atoms with Gasteiger partial charge in [0.25, 0.3) is 0 Å². The lowest BCUT2D eigenvalue weighted by Gasteiger charge is -2.17. The molecule has 1 amide bonds. The molecular formula is C17H26N4OS. The van der Waals surface area contributed by atoms with Gasteiger partial charge in [0.15, 0.2) is 0 Å². The van der Waals surface area contributed by atoms with E-state index in [0.717, 1.165) is 34.2 Å². The minimum atomic E-state index is -0.266. The molecule has 6 heteroatoms. The number of hydrogen-bond donors (Lipinski definition) is 1. The Morgan fingerprint density at radius 1 is 1.39 bits per heavy atom. The van der Waals surface area contributed by atoms with Crippen LogP contribution in [0.1, 0.15) is 67.5 Å². The first-order chi connectivity index (χ1) is 10.9. The van der Waals surface area contributed by atoms with Crippen LogP contribution in [0, 0.1) is 6.92 Å². The highest BCUT2D eigenvalue weighted by Gasteiger charge is 2.19. The fourth-order valence-corrected chi connectivity index (χ4v) is 3.62. The van der Waals surface area contributed by atoms with Crippen molar-refractivity contribution in [2.75, 3.05) is 0 Å². The van der Waals surface area contributed by atoms with Crippen LogP contribution in [0.15, 0.2) is 12.4 Å². The molecule has 2 rings (SSSR count). The van der Waals surface area contributed by atoms with E-state index in [0.29, 0.717) is 12.5 Å². The Balaban J connectivity index is 2.00. The van der Waals surface area contributed by atoms with Crippen LogP contribution in [0.2, 0.25) is 0 Å². The summed E-state index contributed by atoms with van der Waals surface area (Å²) in [6, 6.07) is -0.266. The van der Waals surface area contributed by atoms with Gasteiger partial charge in [-0.15, -0.1) is 11.3 Å². The number of nitrogens with one attached hydrogen (secondary N) is 1. The summed E-state index contributed by atoms with van der Waals surface area (Å²) in [5.41, 5.74) is 1.02. The Bertz CT molecular complexity index is 659. The minimum Gasteiger partial charge on any atom is -0.349 e. The molecule has 23 heavy (non-hydrogen) atoms. The van der Waals surface area contributed by atoms with E-state index in [1.54, 1.807) is 17.5 Å². The summed E-state index contributed by atoms with van der Waals surface area (Å²) in [5, 5.41) is 4.18. The van der Waals surface area contributed by atoms with Crippen molar-refractivity contribution < 1.29 is 4.79 Å². The molecular weight excluding hydrogens is 308 g/mol. The molecule has 0 bridgehead atoms. The third-order valence-electron chi connectivity index (χ3n) is 3.84. The van der Waals surface area contributed by atoms with E-state index in [1.807, 2.05) is 24.6 Å². The molecule has 0 spiro atoms. The zero-order chi connectivity index (χ0) is 17.0. The van der Waals surface area contributed by atoms with Gasteiger partial charge in [0.05, 0.1) is 17.2 Å². The zero-order valence-electron chi connectivity index (χ0n) is 14.6. The largest absolute Gasteiger partial charge is 0.349 e. The van der Waals surface area contributed by atoms with Crippen LogP contribution in [0.25, 0.3) is 0 Å². The van der Waals surface area contributed by atoms with Crippen LogP contribution in [0.5, 0.6) is 0 Å². The monoisotopic (exact) mass is 334 g/mol. The summed E-state index contributed by atoms with van der Waals surface area (Å²) in [6.45, 7) is 10.8. The van der Waals surface area contributed by atoms with E-state index in [4.69, 9.17) is 0 Å². The van der Waals surface area contributed by atoms with Crippen LogP contribution in [0.3, 0.4) is 0 Å². The van der Waals surface area contributed by atoms with Gasteiger partial charge in [-0.2, -0.15) is 0 Å². The second-order valence-electron chi connectivity index (χ2n) is 6.11. The van der Waals surface area contributed by atoms with Crippen LogP contribution in [0.4, 0.5) is 0 Å². The van der Waals surface area contributed by atoms with Crippen molar-refractivity contribution in [2.45, 2.75) is 66.0 Å². The molecule has 126 valence electrons. The molecule has 0 aliphatic rings. The Morgan fingerprint density at radius 2 is 2.13 bits per heavy atom. The zero-order valence-corrected chi connectivity index (χ0v) is 15.4. The summed E-state index contributed by atoms with van der Waals surface area (Å²) in [5.74, 6) is 1.24. The fraction of sp³-hybridized carbons (Fsp3) is 0.588. The van der Waals surface area contributed by atoms with Gasteiger partial charge in [0, 0.05) is 23.2 Å². The number of nitrogens with zero attached hydrogens (tertiary/aromatic N) is 3. The Hall–Kier alpha value is -1.69. The smallest absolute Gasteiger partial charge is 0.243 e. The Morgan fingerprint density at radius 3 is 2.78 bits per heavy atom. The van der Waals surface area contributed by atoms with E-state index in [9.17, 15) is 4.79 Å². The van der Waals surface area contributed by atoms with E-state index >= 15 is 0 Å². The van der Waals surface area contributed by atoms with E-state index < -0.39 is 0 Å². The number of carbonyl (C=O) groups is 1. The Kier molecular flexibility index (Phi) is 5.93. The molecule has 0 aromatic carbocycles. The van der Waals surface area contributed by atoms with Crippen molar-refractivity contribution in [3.8, 4) is 0 Å². The number of rotatable bonds is 7. The van der Waals surface area contributed by atoms with Gasteiger partial charge in [-0.25, -0.2) is 9.97 Å². The van der Waals surface area contributed by atoms with Crippen molar-refractivity contribution in [3.05, 3.63) is 33.8 Å². The highest BCUT2D eigenvalue weighted by Crippen LogP contribution is 2.20. The first-order valence-corrected chi connectivity index (χ1v) is 9.01. The molecule has 0 unspecified atom stereocenters. The normalized spacial score (nSPS) is 12.6. The molecule has 2 aromatic heterocycles. The Labute approximate surface area is 142 Å². The molecule has 0 fully saturated rings. The van der Waals surface area contributed by atoms with Crippen molar-refractivity contribution in [1.29, 1.82) is 0 Å². The molecule has 0 aliphatic carbocycles. The van der Waals surface area contributed by atoms with Gasteiger partial charge < -0.3 is 9.88 Å². The standard InChI is InChI=1S/C17H26N4OS/c1-6-7-15-20-12(4)14(23-15)10-19-17(22)13(5)21-9-8-18-16(21)11(2)3/h8-9,11,13H,6-7,10H2,1-5H3,(H,19,22)/t13-/m0/s1. The van der Waals surface area contributed by atoms with Crippen LogP contribution >= 0.6 is 11.3 Å². The van der Waals surface area contributed by atoms with Gasteiger partial charge in [0.1, 0.15) is 11.9 Å². The first-order valence-electron chi connectivity index (χ1n) is 8.19. The SMILES string of the molecule is CCCc1nc(C)c(CNC(=O)[C@H](C)n2ccnc2C(C)C)s1. The van der Waals surface area contributed by atoms with Crippen molar-refractivity contribution >= 4 is 17.2 Å². The van der Waals surface area contributed by atoms with Crippen molar-refractivity contribution in [3.63, 3.8) is 0 Å². The average molecular weight is 334 g/mol. The van der Waals surface area contributed by atoms with Gasteiger partial charge in [0.2, 0.25) is 5.91 Å². The number of thiazole rings is 1. The molecule has 1 atom stereocenters. The second kappa shape index (κ2) is 7.73. The highest BCUT2D eigenvalue weighted by molar-refractivity contribution is 7.11. The van der Waals surface area contributed by atoms with E-state index in [1.165, 1.54) is 0 Å². The molecule has 2 aromatic rings. The van der Waals surface area contributed by atoms with Crippen molar-refractivity contribution in [2.24, 2.45) is 0 Å². The van der Waals surface area contributed by atoms with Crippen LogP contribution in [-0.2, 0) is 17.8 Å². The molecule has 1 N–H and O–H groups in total. The number of hydrogen-bond acceptors (Lipinski definition) is 4. The number of carbonyl (C=O) groups excluding carboxylic acids is 1. The predicted molar refractivity (Wildman–Crippen MR) is 93.7 cm³/mol. The van der Waals surface area contributed by atoms with Crippen LogP contribution < -0.4 is 5.32 Å². The van der Waals surface area contributed by atoms with Crippen molar-refractivity contribution in [1.82, 2.24) is 19.9 Å². The molecule has 5 nitrogen and oxygen atoms in total. The number of amides is 1. The summed E-state index contributed by atoms with van der Waals surface area (Å²) >= 11 is 1.70. The maximum absolute atomic E-state index is 12.5. The number of aromatic nitrogens is 3. The number of imidazole rings is 1. The lowest BCUT2D eigenvalue weighted by Crippen LogP contribution is -2.31. The molecule has 0 saturated carbocycles. The van der Waals surface area contributed by atoms with Gasteiger partial charge in [-0.3, -0.25) is 4.79 Å². The summed E-state index contributed by atoms with van der Waals surface area (Å²) in [4.78, 5) is 22.5. The maximum Gasteiger partial charge on any atom is 0.243 e. The molecule has 0 radical (unpaired) electrons. The van der Waals surface area contributed by atoms with E-state index in [2.05, 4.69) is 36.1 Å².